The van der Waals surface area contributed by atoms with Crippen LogP contribution in [0.15, 0.2) is 78.0 Å². The van der Waals surface area contributed by atoms with Gasteiger partial charge in [0, 0.05) is 29.3 Å². The lowest BCUT2D eigenvalue weighted by atomic mass is 9.73. The summed E-state index contributed by atoms with van der Waals surface area (Å²) in [6.07, 6.45) is 0.980. The zero-order chi connectivity index (χ0) is 23.9. The highest BCUT2D eigenvalue weighted by molar-refractivity contribution is 6.01. The van der Waals surface area contributed by atoms with Crippen molar-refractivity contribution in [3.8, 4) is 11.5 Å². The molecule has 0 fully saturated rings. The zero-order valence-corrected chi connectivity index (χ0v) is 19.2. The van der Waals surface area contributed by atoms with Crippen molar-refractivity contribution in [2.75, 3.05) is 10.6 Å². The zero-order valence-electron chi connectivity index (χ0n) is 19.2. The van der Waals surface area contributed by atoms with Gasteiger partial charge in [-0.05, 0) is 41.7 Å². The number of halogens is 1. The van der Waals surface area contributed by atoms with Crippen LogP contribution < -0.4 is 15.4 Å². The number of phenolic OH excluding ortho intramolecular Hbond substituents is 1. The summed E-state index contributed by atoms with van der Waals surface area (Å²) in [5.74, 6) is -0.0119. The van der Waals surface area contributed by atoms with Gasteiger partial charge < -0.3 is 20.5 Å². The highest BCUT2D eigenvalue weighted by Crippen LogP contribution is 2.47. The van der Waals surface area contributed by atoms with Gasteiger partial charge in [-0.3, -0.25) is 4.79 Å². The Kier molecular flexibility index (Phi) is 5.52. The first kappa shape index (κ1) is 22.0. The second-order valence-corrected chi connectivity index (χ2v) is 9.69. The number of hydrogen-bond acceptors (Lipinski definition) is 5. The normalized spacial score (nSPS) is 18.8. The molecule has 0 spiro atoms. The maximum absolute atomic E-state index is 15.5. The van der Waals surface area contributed by atoms with Crippen molar-refractivity contribution >= 4 is 17.2 Å². The SMILES string of the molecule is CC1(C)CC(=O)C2=C(C1)Nc1c(O)cccc1N[C@H]2c1ccc(OCc2ccccc2)cc1F. The first-order chi connectivity index (χ1) is 16.3. The topological polar surface area (TPSA) is 70.6 Å². The molecule has 0 unspecified atom stereocenters. The van der Waals surface area contributed by atoms with Crippen molar-refractivity contribution in [3.05, 3.63) is 94.9 Å². The number of para-hydroxylation sites is 1. The molecule has 1 atom stereocenters. The molecule has 174 valence electrons. The summed E-state index contributed by atoms with van der Waals surface area (Å²) in [5.41, 5.74) is 3.42. The molecule has 2 aliphatic rings. The molecule has 0 bridgehead atoms. The van der Waals surface area contributed by atoms with Gasteiger partial charge in [0.2, 0.25) is 0 Å². The molecule has 1 heterocycles. The second-order valence-electron chi connectivity index (χ2n) is 9.69. The summed E-state index contributed by atoms with van der Waals surface area (Å²) in [6.45, 7) is 4.41. The van der Waals surface area contributed by atoms with Crippen molar-refractivity contribution in [3.63, 3.8) is 0 Å². The Morgan fingerprint density at radius 3 is 2.62 bits per heavy atom. The Balaban J connectivity index is 1.52. The van der Waals surface area contributed by atoms with Crippen LogP contribution in [0.4, 0.5) is 15.8 Å². The van der Waals surface area contributed by atoms with E-state index in [2.05, 4.69) is 10.6 Å². The lowest BCUT2D eigenvalue weighted by molar-refractivity contribution is -0.118. The minimum atomic E-state index is -0.697. The lowest BCUT2D eigenvalue weighted by Crippen LogP contribution is -2.31. The van der Waals surface area contributed by atoms with Crippen LogP contribution in [0.1, 0.15) is 43.9 Å². The summed E-state index contributed by atoms with van der Waals surface area (Å²) in [5, 5.41) is 17.1. The average Bonchev–Trinajstić information content (AvgIpc) is 2.95. The third-order valence-electron chi connectivity index (χ3n) is 6.36. The molecule has 34 heavy (non-hydrogen) atoms. The minimum Gasteiger partial charge on any atom is -0.506 e. The minimum absolute atomic E-state index is 0.0349. The van der Waals surface area contributed by atoms with E-state index < -0.39 is 11.9 Å². The molecule has 1 aliphatic heterocycles. The monoisotopic (exact) mass is 458 g/mol. The summed E-state index contributed by atoms with van der Waals surface area (Å²) in [6, 6.07) is 18.8. The molecule has 0 saturated carbocycles. The molecular formula is C28H27FN2O3. The molecule has 0 amide bonds. The Hall–Kier alpha value is -3.80. The number of phenols is 1. The number of anilines is 2. The molecule has 0 aromatic heterocycles. The van der Waals surface area contributed by atoms with E-state index in [1.54, 1.807) is 30.3 Å². The highest BCUT2D eigenvalue weighted by Gasteiger charge is 2.39. The van der Waals surface area contributed by atoms with Gasteiger partial charge in [-0.2, -0.15) is 0 Å². The van der Waals surface area contributed by atoms with Crippen LogP contribution in [-0.4, -0.2) is 10.9 Å². The predicted octanol–water partition coefficient (Wildman–Crippen LogP) is 6.33. The Morgan fingerprint density at radius 2 is 1.85 bits per heavy atom. The van der Waals surface area contributed by atoms with Gasteiger partial charge in [0.05, 0.1) is 11.7 Å². The molecule has 3 aromatic rings. The van der Waals surface area contributed by atoms with Crippen LogP contribution in [0, 0.1) is 11.2 Å². The molecule has 5 nitrogen and oxygen atoms in total. The molecule has 3 aromatic carbocycles. The van der Waals surface area contributed by atoms with E-state index in [1.807, 2.05) is 44.2 Å². The van der Waals surface area contributed by atoms with Crippen LogP contribution in [0.5, 0.6) is 11.5 Å². The van der Waals surface area contributed by atoms with Gasteiger partial charge in [-0.25, -0.2) is 4.39 Å². The maximum atomic E-state index is 15.5. The van der Waals surface area contributed by atoms with Gasteiger partial charge in [-0.15, -0.1) is 0 Å². The number of carbonyl (C=O) groups excluding carboxylic acids is 1. The van der Waals surface area contributed by atoms with Crippen molar-refractivity contribution in [2.45, 2.75) is 39.3 Å². The fourth-order valence-electron chi connectivity index (χ4n) is 4.76. The maximum Gasteiger partial charge on any atom is 0.163 e. The fourth-order valence-corrected chi connectivity index (χ4v) is 4.76. The van der Waals surface area contributed by atoms with Crippen molar-refractivity contribution in [1.29, 1.82) is 0 Å². The van der Waals surface area contributed by atoms with Gasteiger partial charge in [0.1, 0.15) is 29.6 Å². The molecule has 3 N–H and O–H groups in total. The van der Waals surface area contributed by atoms with Gasteiger partial charge >= 0.3 is 0 Å². The molecule has 1 aliphatic carbocycles. The quantitative estimate of drug-likeness (QED) is 0.399. The van der Waals surface area contributed by atoms with Crippen LogP contribution in [-0.2, 0) is 11.4 Å². The molecule has 0 saturated heterocycles. The predicted molar refractivity (Wildman–Crippen MR) is 130 cm³/mol. The van der Waals surface area contributed by atoms with E-state index >= 15 is 4.39 Å². The smallest absolute Gasteiger partial charge is 0.163 e. The summed E-state index contributed by atoms with van der Waals surface area (Å²) >= 11 is 0. The van der Waals surface area contributed by atoms with Crippen LogP contribution in [0.2, 0.25) is 0 Å². The first-order valence-electron chi connectivity index (χ1n) is 11.4. The van der Waals surface area contributed by atoms with E-state index in [-0.39, 0.29) is 16.9 Å². The third-order valence-corrected chi connectivity index (χ3v) is 6.36. The second kappa shape index (κ2) is 8.52. The van der Waals surface area contributed by atoms with Crippen molar-refractivity contribution in [2.24, 2.45) is 5.41 Å². The Morgan fingerprint density at radius 1 is 1.06 bits per heavy atom. The van der Waals surface area contributed by atoms with Crippen molar-refractivity contribution < 1.29 is 19.0 Å². The fraction of sp³-hybridized carbons (Fsp3) is 0.250. The molecule has 0 radical (unpaired) electrons. The third kappa shape index (κ3) is 4.23. The van der Waals surface area contributed by atoms with Crippen molar-refractivity contribution in [1.82, 2.24) is 0 Å². The van der Waals surface area contributed by atoms with Gasteiger partial charge in [0.25, 0.3) is 0 Å². The van der Waals surface area contributed by atoms with E-state index in [4.69, 9.17) is 4.74 Å². The summed E-state index contributed by atoms with van der Waals surface area (Å²) in [7, 11) is 0. The highest BCUT2D eigenvalue weighted by atomic mass is 19.1. The van der Waals surface area contributed by atoms with Gasteiger partial charge in [-0.1, -0.05) is 50.2 Å². The number of ketones is 1. The molecule has 5 rings (SSSR count). The van der Waals surface area contributed by atoms with E-state index in [9.17, 15) is 9.90 Å². The number of ether oxygens (including phenoxy) is 1. The summed E-state index contributed by atoms with van der Waals surface area (Å²) < 4.78 is 21.2. The number of carbonyl (C=O) groups is 1. The Bertz CT molecular complexity index is 1280. The number of nitrogens with one attached hydrogen (secondary N) is 2. The molecule has 6 heteroatoms. The van der Waals surface area contributed by atoms with Crippen LogP contribution in [0.25, 0.3) is 0 Å². The summed E-state index contributed by atoms with van der Waals surface area (Å²) in [4.78, 5) is 13.3. The number of aromatic hydroxyl groups is 1. The Labute approximate surface area is 198 Å². The van der Waals surface area contributed by atoms with E-state index in [0.717, 1.165) is 5.56 Å². The largest absolute Gasteiger partial charge is 0.506 e. The van der Waals surface area contributed by atoms with Crippen LogP contribution >= 0.6 is 0 Å². The molecular weight excluding hydrogens is 431 g/mol. The number of rotatable bonds is 4. The number of allylic oxidation sites excluding steroid dienone is 1. The average molecular weight is 459 g/mol. The lowest BCUT2D eigenvalue weighted by Gasteiger charge is -2.34. The van der Waals surface area contributed by atoms with E-state index in [0.29, 0.717) is 53.4 Å². The number of hydrogen-bond donors (Lipinski definition) is 3. The van der Waals surface area contributed by atoms with Gasteiger partial charge in [0.15, 0.2) is 5.78 Å². The standard InChI is InChI=1S/C28H27FN2O3/c1-28(2)14-22-25(24(33)15-28)26(30-21-9-6-10-23(32)27(21)31-22)19-12-11-18(13-20(19)29)34-16-17-7-4-3-5-8-17/h3-13,26,30-32H,14-16H2,1-2H3/t26-/m0/s1. The number of fused-ring (bicyclic) bond motifs is 1. The van der Waals surface area contributed by atoms with E-state index in [1.165, 1.54) is 6.07 Å². The number of benzene rings is 3. The first-order valence-corrected chi connectivity index (χ1v) is 11.4. The van der Waals surface area contributed by atoms with Crippen LogP contribution in [0.3, 0.4) is 0 Å². The number of Topliss-reactive ketones (excluding diaryl/α,β-unsaturated/α-hetero) is 1.